The van der Waals surface area contributed by atoms with Crippen molar-refractivity contribution in [3.05, 3.63) is 28.0 Å². The average Bonchev–Trinajstić information content (AvgIpc) is 2.25. The molecule has 0 amide bonds. The highest BCUT2D eigenvalue weighted by Crippen LogP contribution is 2.18. The Kier molecular flexibility index (Phi) is 4.19. The summed E-state index contributed by atoms with van der Waals surface area (Å²) in [5.74, 6) is 1.50. The Hall–Kier alpha value is -0.160. The number of hydrogen-bond acceptors (Lipinski definition) is 3. The van der Waals surface area contributed by atoms with Crippen molar-refractivity contribution in [3.63, 3.8) is 0 Å². The third-order valence-corrected chi connectivity index (χ3v) is 4.37. The number of hydrogen-bond donors (Lipinski definition) is 0. The predicted octanol–water partition coefficient (Wildman–Crippen LogP) is 1.95. The van der Waals surface area contributed by atoms with Crippen LogP contribution in [0.5, 0.6) is 0 Å². The van der Waals surface area contributed by atoms with E-state index in [1.54, 1.807) is 6.07 Å². The van der Waals surface area contributed by atoms with Crippen LogP contribution >= 0.6 is 23.2 Å². The number of pyridine rings is 1. The van der Waals surface area contributed by atoms with Gasteiger partial charge in [0.15, 0.2) is 0 Å². The molecule has 2 rings (SSSR count). The fourth-order valence-corrected chi connectivity index (χ4v) is 3.17. The molecule has 0 bridgehead atoms. The maximum absolute atomic E-state index is 11.2. The van der Waals surface area contributed by atoms with Gasteiger partial charge < -0.3 is 0 Å². The van der Waals surface area contributed by atoms with E-state index in [1.807, 2.05) is 6.07 Å². The van der Waals surface area contributed by atoms with E-state index >= 15 is 0 Å². The van der Waals surface area contributed by atoms with Gasteiger partial charge in [-0.3, -0.25) is 9.11 Å². The van der Waals surface area contributed by atoms with E-state index in [1.165, 1.54) is 0 Å². The van der Waals surface area contributed by atoms with Crippen molar-refractivity contribution in [1.29, 1.82) is 0 Å². The monoisotopic (exact) mass is 278 g/mol. The van der Waals surface area contributed by atoms with Gasteiger partial charge >= 0.3 is 0 Å². The first-order chi connectivity index (χ1) is 7.65. The van der Waals surface area contributed by atoms with Crippen molar-refractivity contribution in [1.82, 2.24) is 9.88 Å². The second-order valence-corrected chi connectivity index (χ2v) is 6.15. The first-order valence-corrected chi connectivity index (χ1v) is 7.28. The Morgan fingerprint density at radius 3 is 2.62 bits per heavy atom. The summed E-state index contributed by atoms with van der Waals surface area (Å²) in [6.07, 6.45) is 0. The molecule has 1 aromatic rings. The molecule has 2 heterocycles. The van der Waals surface area contributed by atoms with Crippen molar-refractivity contribution in [3.8, 4) is 0 Å². The maximum atomic E-state index is 11.2. The molecule has 0 saturated carbocycles. The molecule has 0 unspecified atom stereocenters. The van der Waals surface area contributed by atoms with E-state index in [9.17, 15) is 4.21 Å². The molecule has 3 nitrogen and oxygen atoms in total. The molecule has 0 N–H and O–H groups in total. The first kappa shape index (κ1) is 12.3. The van der Waals surface area contributed by atoms with Crippen molar-refractivity contribution in [2.24, 2.45) is 0 Å². The number of rotatable bonds is 2. The summed E-state index contributed by atoms with van der Waals surface area (Å²) in [6, 6.07) is 3.63. The van der Waals surface area contributed by atoms with Crippen LogP contribution in [0.2, 0.25) is 10.3 Å². The summed E-state index contributed by atoms with van der Waals surface area (Å²) in [5, 5.41) is 0.868. The largest absolute Gasteiger partial charge is 0.297 e. The van der Waals surface area contributed by atoms with Crippen LogP contribution in [0.4, 0.5) is 0 Å². The zero-order valence-electron chi connectivity index (χ0n) is 8.66. The van der Waals surface area contributed by atoms with Crippen molar-refractivity contribution >= 4 is 34.0 Å². The molecule has 0 aliphatic carbocycles. The summed E-state index contributed by atoms with van der Waals surface area (Å²) in [7, 11) is -0.639. The third-order valence-electron chi connectivity index (χ3n) is 2.56. The highest BCUT2D eigenvalue weighted by Gasteiger charge is 2.16. The lowest BCUT2D eigenvalue weighted by molar-refractivity contribution is 0.291. The molecule has 88 valence electrons. The lowest BCUT2D eigenvalue weighted by atomic mass is 10.2. The lowest BCUT2D eigenvalue weighted by Gasteiger charge is -2.26. The minimum Gasteiger partial charge on any atom is -0.297 e. The highest BCUT2D eigenvalue weighted by atomic mass is 35.5. The smallest absolute Gasteiger partial charge is 0.135 e. The Morgan fingerprint density at radius 1 is 1.31 bits per heavy atom. The van der Waals surface area contributed by atoms with Crippen LogP contribution in [-0.2, 0) is 17.3 Å². The Labute approximate surface area is 107 Å². The molecule has 16 heavy (non-hydrogen) atoms. The standard InChI is InChI=1S/C10H12Cl2N2OS/c11-9-2-1-8(10(12)13-9)7-14-3-5-16(15)6-4-14/h1-2H,3-7H2. The molecule has 0 radical (unpaired) electrons. The van der Waals surface area contributed by atoms with Gasteiger partial charge in [0, 0.05) is 47.5 Å². The van der Waals surface area contributed by atoms with Gasteiger partial charge in [-0.05, 0) is 6.07 Å². The minimum atomic E-state index is -0.639. The fourth-order valence-electron chi connectivity index (χ4n) is 1.63. The first-order valence-electron chi connectivity index (χ1n) is 5.03. The van der Waals surface area contributed by atoms with Gasteiger partial charge in [0.2, 0.25) is 0 Å². The average molecular weight is 279 g/mol. The highest BCUT2D eigenvalue weighted by molar-refractivity contribution is 7.85. The van der Waals surface area contributed by atoms with Crippen LogP contribution < -0.4 is 0 Å². The Morgan fingerprint density at radius 2 is 2.00 bits per heavy atom. The second kappa shape index (κ2) is 5.45. The Balaban J connectivity index is 2.01. The van der Waals surface area contributed by atoms with Crippen LogP contribution in [0.15, 0.2) is 12.1 Å². The van der Waals surface area contributed by atoms with Gasteiger partial charge in [0.05, 0.1) is 0 Å². The number of aromatic nitrogens is 1. The molecule has 0 atom stereocenters. The molecular formula is C10H12Cl2N2OS. The topological polar surface area (TPSA) is 33.2 Å². The quantitative estimate of drug-likeness (QED) is 0.776. The molecule has 0 aromatic carbocycles. The predicted molar refractivity (Wildman–Crippen MR) is 67.4 cm³/mol. The summed E-state index contributed by atoms with van der Waals surface area (Å²) in [6.45, 7) is 2.46. The molecule has 1 aliphatic heterocycles. The summed E-state index contributed by atoms with van der Waals surface area (Å²) >= 11 is 11.7. The normalized spacial score (nSPS) is 18.9. The van der Waals surface area contributed by atoms with Crippen LogP contribution in [0.1, 0.15) is 5.56 Å². The van der Waals surface area contributed by atoms with Gasteiger partial charge in [-0.2, -0.15) is 0 Å². The minimum absolute atomic E-state index is 0.411. The fraction of sp³-hybridized carbons (Fsp3) is 0.500. The number of halogens is 2. The zero-order valence-corrected chi connectivity index (χ0v) is 11.0. The SMILES string of the molecule is O=S1CCN(Cc2ccc(Cl)nc2Cl)CC1. The Bertz CT molecular complexity index is 404. The molecule has 1 aromatic heterocycles. The van der Waals surface area contributed by atoms with E-state index in [2.05, 4.69) is 9.88 Å². The van der Waals surface area contributed by atoms with E-state index < -0.39 is 10.8 Å². The van der Waals surface area contributed by atoms with Crippen LogP contribution in [-0.4, -0.2) is 38.7 Å². The van der Waals surface area contributed by atoms with Crippen LogP contribution in [0, 0.1) is 0 Å². The molecule has 1 saturated heterocycles. The van der Waals surface area contributed by atoms with E-state index in [0.717, 1.165) is 36.7 Å². The van der Waals surface area contributed by atoms with Crippen LogP contribution in [0.25, 0.3) is 0 Å². The van der Waals surface area contributed by atoms with Crippen molar-refractivity contribution in [2.75, 3.05) is 24.6 Å². The summed E-state index contributed by atoms with van der Waals surface area (Å²) in [4.78, 5) is 6.23. The van der Waals surface area contributed by atoms with Gasteiger partial charge in [0.25, 0.3) is 0 Å². The van der Waals surface area contributed by atoms with Gasteiger partial charge in [-0.1, -0.05) is 29.3 Å². The number of nitrogens with zero attached hydrogens (tertiary/aromatic N) is 2. The van der Waals surface area contributed by atoms with E-state index in [4.69, 9.17) is 23.2 Å². The zero-order chi connectivity index (χ0) is 11.5. The van der Waals surface area contributed by atoms with Crippen molar-refractivity contribution < 1.29 is 4.21 Å². The lowest BCUT2D eigenvalue weighted by Crippen LogP contribution is -2.37. The van der Waals surface area contributed by atoms with Gasteiger partial charge in [-0.15, -0.1) is 0 Å². The van der Waals surface area contributed by atoms with Crippen LogP contribution in [0.3, 0.4) is 0 Å². The van der Waals surface area contributed by atoms with Crippen molar-refractivity contribution in [2.45, 2.75) is 6.54 Å². The second-order valence-electron chi connectivity index (χ2n) is 3.71. The maximum Gasteiger partial charge on any atom is 0.135 e. The van der Waals surface area contributed by atoms with E-state index in [-0.39, 0.29) is 0 Å². The van der Waals surface area contributed by atoms with Gasteiger partial charge in [-0.25, -0.2) is 4.98 Å². The third kappa shape index (κ3) is 3.17. The summed E-state index contributed by atoms with van der Waals surface area (Å²) in [5.41, 5.74) is 0.971. The molecule has 1 aliphatic rings. The van der Waals surface area contributed by atoms with Gasteiger partial charge in [0.1, 0.15) is 10.3 Å². The summed E-state index contributed by atoms with van der Waals surface area (Å²) < 4.78 is 11.2. The van der Waals surface area contributed by atoms with E-state index in [0.29, 0.717) is 10.3 Å². The molecule has 6 heteroatoms. The molecule has 0 spiro atoms. The molecule has 1 fully saturated rings. The molecular weight excluding hydrogens is 267 g/mol.